The van der Waals surface area contributed by atoms with Gasteiger partial charge in [-0.2, -0.15) is 0 Å². The Kier molecular flexibility index (Phi) is 7.26. The molecule has 1 aromatic heterocycles. The number of hydrogen-bond donors (Lipinski definition) is 2. The van der Waals surface area contributed by atoms with E-state index >= 15 is 0 Å². The number of aryl methyl sites for hydroxylation is 1. The van der Waals surface area contributed by atoms with Gasteiger partial charge < -0.3 is 15.6 Å². The highest BCUT2D eigenvalue weighted by Crippen LogP contribution is 2.24. The van der Waals surface area contributed by atoms with Crippen LogP contribution >= 0.6 is 11.8 Å². The Hall–Kier alpha value is -1.57. The average molecular weight is 356 g/mol. The molecule has 7 nitrogen and oxygen atoms in total. The minimum absolute atomic E-state index is 0.0368. The molecule has 24 heavy (non-hydrogen) atoms. The third-order valence-corrected chi connectivity index (χ3v) is 4.17. The summed E-state index contributed by atoms with van der Waals surface area (Å²) in [6.45, 7) is 12.6. The summed E-state index contributed by atoms with van der Waals surface area (Å²) in [4.78, 5) is 23.3. The highest BCUT2D eigenvalue weighted by molar-refractivity contribution is 8.00. The summed E-state index contributed by atoms with van der Waals surface area (Å²) in [7, 11) is 0. The first-order valence-electron chi connectivity index (χ1n) is 8.18. The Morgan fingerprint density at radius 2 is 1.88 bits per heavy atom. The molecule has 0 fully saturated rings. The number of nitrogens with one attached hydrogen (secondary N) is 1. The van der Waals surface area contributed by atoms with Crippen molar-refractivity contribution in [2.24, 2.45) is 11.7 Å². The molecule has 1 heterocycles. The third kappa shape index (κ3) is 6.90. The maximum Gasteiger partial charge on any atom is 0.233 e. The predicted octanol–water partition coefficient (Wildman–Crippen LogP) is 1.75. The molecule has 2 amide bonds. The normalized spacial score (nSPS) is 13.1. The molecule has 1 unspecified atom stereocenters. The van der Waals surface area contributed by atoms with Crippen molar-refractivity contribution in [3.63, 3.8) is 0 Å². The first kappa shape index (κ1) is 20.5. The molecule has 8 heteroatoms. The van der Waals surface area contributed by atoms with Crippen molar-refractivity contribution in [3.05, 3.63) is 5.82 Å². The minimum atomic E-state index is -0.360. The van der Waals surface area contributed by atoms with E-state index in [1.807, 2.05) is 32.3 Å². The van der Waals surface area contributed by atoms with Crippen LogP contribution in [0.25, 0.3) is 0 Å². The van der Waals surface area contributed by atoms with Crippen molar-refractivity contribution >= 4 is 23.6 Å². The Morgan fingerprint density at radius 1 is 1.25 bits per heavy atom. The molecule has 3 N–H and O–H groups in total. The maximum absolute atomic E-state index is 12.3. The van der Waals surface area contributed by atoms with Gasteiger partial charge in [0.25, 0.3) is 0 Å². The van der Waals surface area contributed by atoms with Crippen LogP contribution in [-0.4, -0.2) is 37.4 Å². The zero-order valence-corrected chi connectivity index (χ0v) is 16.2. The summed E-state index contributed by atoms with van der Waals surface area (Å²) in [5, 5.41) is 11.8. The molecule has 136 valence electrons. The molecular formula is C16H29N5O2S. The van der Waals surface area contributed by atoms with E-state index in [0.29, 0.717) is 17.5 Å². The van der Waals surface area contributed by atoms with Gasteiger partial charge in [0.05, 0.1) is 5.25 Å². The second kappa shape index (κ2) is 8.50. The van der Waals surface area contributed by atoms with Gasteiger partial charge in [0.2, 0.25) is 11.8 Å². The second-order valence-corrected chi connectivity index (χ2v) is 8.68. The van der Waals surface area contributed by atoms with Gasteiger partial charge in [-0.05, 0) is 33.6 Å². The monoisotopic (exact) mass is 355 g/mol. The van der Waals surface area contributed by atoms with Crippen LogP contribution in [0.5, 0.6) is 0 Å². The first-order valence-corrected chi connectivity index (χ1v) is 9.06. The average Bonchev–Trinajstić information content (AvgIpc) is 2.76. The van der Waals surface area contributed by atoms with Crippen LogP contribution in [-0.2, 0) is 22.6 Å². The van der Waals surface area contributed by atoms with Gasteiger partial charge >= 0.3 is 0 Å². The summed E-state index contributed by atoms with van der Waals surface area (Å²) < 4.78 is 1.99. The SMILES string of the molecule is CC(C)Cn1c(CCC(N)=O)nnc1SC(C)C(=O)NC(C)(C)C. The highest BCUT2D eigenvalue weighted by atomic mass is 32.2. The van der Waals surface area contributed by atoms with E-state index < -0.39 is 0 Å². The third-order valence-electron chi connectivity index (χ3n) is 3.09. The summed E-state index contributed by atoms with van der Waals surface area (Å²) in [5.41, 5.74) is 4.95. The molecule has 1 aromatic rings. The van der Waals surface area contributed by atoms with Crippen molar-refractivity contribution in [2.45, 2.75) is 76.9 Å². The minimum Gasteiger partial charge on any atom is -0.370 e. The van der Waals surface area contributed by atoms with Gasteiger partial charge in [-0.25, -0.2) is 0 Å². The summed E-state index contributed by atoms with van der Waals surface area (Å²) in [6, 6.07) is 0. The smallest absolute Gasteiger partial charge is 0.233 e. The molecular weight excluding hydrogens is 326 g/mol. The lowest BCUT2D eigenvalue weighted by Gasteiger charge is -2.23. The highest BCUT2D eigenvalue weighted by Gasteiger charge is 2.23. The fourth-order valence-corrected chi connectivity index (χ4v) is 2.93. The van der Waals surface area contributed by atoms with Gasteiger partial charge in [-0.15, -0.1) is 10.2 Å². The largest absolute Gasteiger partial charge is 0.370 e. The van der Waals surface area contributed by atoms with Crippen molar-refractivity contribution < 1.29 is 9.59 Å². The van der Waals surface area contributed by atoms with E-state index in [1.165, 1.54) is 11.8 Å². The fraction of sp³-hybridized carbons (Fsp3) is 0.750. The Bertz CT molecular complexity index is 578. The number of aromatic nitrogens is 3. The number of rotatable bonds is 8. The number of primary amides is 1. The van der Waals surface area contributed by atoms with Crippen molar-refractivity contribution in [3.8, 4) is 0 Å². The lowest BCUT2D eigenvalue weighted by molar-refractivity contribution is -0.121. The maximum atomic E-state index is 12.3. The van der Waals surface area contributed by atoms with E-state index in [2.05, 4.69) is 29.4 Å². The second-order valence-electron chi connectivity index (χ2n) is 7.37. The van der Waals surface area contributed by atoms with Crippen molar-refractivity contribution in [1.82, 2.24) is 20.1 Å². The van der Waals surface area contributed by atoms with Gasteiger partial charge in [-0.1, -0.05) is 25.6 Å². The van der Waals surface area contributed by atoms with Gasteiger partial charge in [0, 0.05) is 24.9 Å². The van der Waals surface area contributed by atoms with E-state index in [-0.39, 0.29) is 29.0 Å². The molecule has 0 saturated carbocycles. The number of carbonyl (C=O) groups excluding carboxylic acids is 2. The molecule has 0 aliphatic carbocycles. The van der Waals surface area contributed by atoms with Crippen molar-refractivity contribution in [2.75, 3.05) is 0 Å². The summed E-state index contributed by atoms with van der Waals surface area (Å²) in [6.07, 6.45) is 0.694. The van der Waals surface area contributed by atoms with E-state index in [9.17, 15) is 9.59 Å². The number of hydrogen-bond acceptors (Lipinski definition) is 5. The van der Waals surface area contributed by atoms with Gasteiger partial charge in [0.1, 0.15) is 5.82 Å². The van der Waals surface area contributed by atoms with E-state index in [0.717, 1.165) is 12.4 Å². The molecule has 0 aliphatic rings. The molecule has 0 aliphatic heterocycles. The summed E-state index contributed by atoms with van der Waals surface area (Å²) >= 11 is 1.38. The lowest BCUT2D eigenvalue weighted by atomic mass is 10.1. The van der Waals surface area contributed by atoms with Crippen LogP contribution in [0.2, 0.25) is 0 Å². The van der Waals surface area contributed by atoms with Crippen LogP contribution in [0, 0.1) is 5.92 Å². The quantitative estimate of drug-likeness (QED) is 0.692. The molecule has 0 bridgehead atoms. The van der Waals surface area contributed by atoms with Crippen molar-refractivity contribution in [1.29, 1.82) is 0 Å². The van der Waals surface area contributed by atoms with Gasteiger partial charge in [0.15, 0.2) is 5.16 Å². The summed E-state index contributed by atoms with van der Waals surface area (Å²) in [5.74, 6) is 0.728. The lowest BCUT2D eigenvalue weighted by Crippen LogP contribution is -2.44. The van der Waals surface area contributed by atoms with Crippen LogP contribution in [0.15, 0.2) is 5.16 Å². The fourth-order valence-electron chi connectivity index (χ4n) is 2.06. The Morgan fingerprint density at radius 3 is 2.38 bits per heavy atom. The topological polar surface area (TPSA) is 103 Å². The number of thioether (sulfide) groups is 1. The molecule has 1 atom stereocenters. The van der Waals surface area contributed by atoms with Crippen LogP contribution in [0.3, 0.4) is 0 Å². The van der Waals surface area contributed by atoms with Gasteiger partial charge in [-0.3, -0.25) is 9.59 Å². The number of amides is 2. The molecule has 0 radical (unpaired) electrons. The first-order chi connectivity index (χ1) is 11.0. The predicted molar refractivity (Wildman–Crippen MR) is 95.6 cm³/mol. The zero-order chi connectivity index (χ0) is 18.5. The van der Waals surface area contributed by atoms with Crippen LogP contribution in [0.1, 0.15) is 53.8 Å². The Labute approximate surface area is 148 Å². The molecule has 0 saturated heterocycles. The van der Waals surface area contributed by atoms with Crippen LogP contribution in [0.4, 0.5) is 0 Å². The number of carbonyl (C=O) groups is 2. The molecule has 0 spiro atoms. The zero-order valence-electron chi connectivity index (χ0n) is 15.4. The van der Waals surface area contributed by atoms with E-state index in [4.69, 9.17) is 5.73 Å². The van der Waals surface area contributed by atoms with E-state index in [1.54, 1.807) is 0 Å². The Balaban J connectivity index is 2.89. The molecule has 1 rings (SSSR count). The molecule has 0 aromatic carbocycles. The van der Waals surface area contributed by atoms with Crippen LogP contribution < -0.4 is 11.1 Å². The standard InChI is InChI=1S/C16H29N5O2S/c1-10(2)9-21-13(8-7-12(17)22)19-20-15(21)24-11(3)14(23)18-16(4,5)6/h10-11H,7-9H2,1-6H3,(H2,17,22)(H,18,23). The number of nitrogens with two attached hydrogens (primary N) is 1. The number of nitrogens with zero attached hydrogens (tertiary/aromatic N) is 3.